The van der Waals surface area contributed by atoms with E-state index in [1.807, 2.05) is 0 Å². The van der Waals surface area contributed by atoms with Gasteiger partial charge in [-0.3, -0.25) is 9.59 Å². The maximum absolute atomic E-state index is 13.3. The van der Waals surface area contributed by atoms with E-state index in [4.69, 9.17) is 0 Å². The summed E-state index contributed by atoms with van der Waals surface area (Å²) in [6.07, 6.45) is 6.93. The van der Waals surface area contributed by atoms with Gasteiger partial charge in [-0.05, 0) is 73.5 Å². The van der Waals surface area contributed by atoms with Gasteiger partial charge in [0.1, 0.15) is 12.4 Å². The Kier molecular flexibility index (Phi) is 4.16. The molecule has 140 valence electrons. The van der Waals surface area contributed by atoms with Gasteiger partial charge in [0.25, 0.3) is 0 Å². The summed E-state index contributed by atoms with van der Waals surface area (Å²) in [5.74, 6) is 1.52. The molecule has 4 heteroatoms. The third-order valence-electron chi connectivity index (χ3n) is 8.87. The Hall–Kier alpha value is -0.740. The number of carbonyl (C=O) groups is 2. The summed E-state index contributed by atoms with van der Waals surface area (Å²) in [4.78, 5) is 25.6. The topological polar surface area (TPSA) is 74.6 Å². The summed E-state index contributed by atoms with van der Waals surface area (Å²) in [5.41, 5.74) is -0.227. The summed E-state index contributed by atoms with van der Waals surface area (Å²) in [5, 5.41) is 19.5. The largest absolute Gasteiger partial charge is 0.393 e. The van der Waals surface area contributed by atoms with E-state index in [9.17, 15) is 19.8 Å². The molecule has 4 aliphatic rings. The van der Waals surface area contributed by atoms with Crippen molar-refractivity contribution < 1.29 is 19.8 Å². The van der Waals surface area contributed by atoms with Crippen LogP contribution in [0.25, 0.3) is 0 Å². The van der Waals surface area contributed by atoms with Gasteiger partial charge in [0.05, 0.1) is 6.10 Å². The molecule has 25 heavy (non-hydrogen) atoms. The van der Waals surface area contributed by atoms with Crippen LogP contribution in [-0.4, -0.2) is 34.5 Å². The molecule has 0 aromatic rings. The van der Waals surface area contributed by atoms with Crippen molar-refractivity contribution in [1.29, 1.82) is 0 Å². The third kappa shape index (κ3) is 2.39. The molecular formula is C21H32O4. The first-order valence-electron chi connectivity index (χ1n) is 10.2. The van der Waals surface area contributed by atoms with Crippen LogP contribution in [0.3, 0.4) is 0 Å². The zero-order chi connectivity index (χ0) is 18.0. The van der Waals surface area contributed by atoms with E-state index in [1.54, 1.807) is 0 Å². The Morgan fingerprint density at radius 3 is 2.60 bits per heavy atom. The van der Waals surface area contributed by atoms with Gasteiger partial charge in [-0.1, -0.05) is 13.8 Å². The molecule has 0 spiro atoms. The Balaban J connectivity index is 1.66. The second-order valence-corrected chi connectivity index (χ2v) is 9.86. The monoisotopic (exact) mass is 348 g/mol. The first kappa shape index (κ1) is 17.7. The molecular weight excluding hydrogens is 316 g/mol. The number of carbonyl (C=O) groups excluding carboxylic acids is 2. The normalized spacial score (nSPS) is 52.2. The van der Waals surface area contributed by atoms with Crippen LogP contribution < -0.4 is 0 Å². The van der Waals surface area contributed by atoms with Crippen LogP contribution >= 0.6 is 0 Å². The standard InChI is InChI=1S/C21H32O4/c1-20-8-7-13(23)9-12(20)3-4-14-15-5-6-16(18(25)11-22)21(15,2)10-17(24)19(14)20/h12-16,19,22-23H,3-11H2,1-2H3/t12?,13-,14?,15?,16-,19?,20+,21+/m1/s1. The van der Waals surface area contributed by atoms with E-state index in [2.05, 4.69) is 13.8 Å². The minimum atomic E-state index is -0.396. The van der Waals surface area contributed by atoms with Crippen molar-refractivity contribution in [2.24, 2.45) is 40.4 Å². The maximum Gasteiger partial charge on any atom is 0.161 e. The predicted octanol–water partition coefficient (Wildman–Crippen LogP) is 2.75. The van der Waals surface area contributed by atoms with Crippen molar-refractivity contribution in [2.75, 3.05) is 6.61 Å². The maximum atomic E-state index is 13.3. The van der Waals surface area contributed by atoms with Crippen LogP contribution in [-0.2, 0) is 9.59 Å². The molecule has 0 heterocycles. The van der Waals surface area contributed by atoms with Crippen LogP contribution in [0.5, 0.6) is 0 Å². The molecule has 4 saturated carbocycles. The number of fused-ring (bicyclic) bond motifs is 5. The molecule has 0 bridgehead atoms. The van der Waals surface area contributed by atoms with E-state index in [0.717, 1.165) is 44.9 Å². The Bertz CT molecular complexity index is 586. The highest BCUT2D eigenvalue weighted by molar-refractivity contribution is 5.88. The molecule has 0 aromatic carbocycles. The fourth-order valence-electron chi connectivity index (χ4n) is 7.69. The smallest absolute Gasteiger partial charge is 0.161 e. The molecule has 2 N–H and O–H groups in total. The number of aliphatic hydroxyl groups excluding tert-OH is 2. The lowest BCUT2D eigenvalue weighted by atomic mass is 9.44. The van der Waals surface area contributed by atoms with Gasteiger partial charge >= 0.3 is 0 Å². The summed E-state index contributed by atoms with van der Waals surface area (Å²) in [6.45, 7) is 4.04. The second-order valence-electron chi connectivity index (χ2n) is 9.86. The van der Waals surface area contributed by atoms with Crippen LogP contribution in [0.4, 0.5) is 0 Å². The van der Waals surface area contributed by atoms with Crippen LogP contribution in [0, 0.1) is 40.4 Å². The molecule has 4 rings (SSSR count). The number of Topliss-reactive ketones (excluding diaryl/α,β-unsaturated/α-hetero) is 2. The lowest BCUT2D eigenvalue weighted by molar-refractivity contribution is -0.162. The molecule has 0 saturated heterocycles. The Morgan fingerprint density at radius 2 is 1.88 bits per heavy atom. The lowest BCUT2D eigenvalue weighted by Gasteiger charge is -2.59. The van der Waals surface area contributed by atoms with Gasteiger partial charge in [-0.15, -0.1) is 0 Å². The Labute approximate surface area is 150 Å². The van der Waals surface area contributed by atoms with Crippen LogP contribution in [0.1, 0.15) is 65.2 Å². The molecule has 4 aliphatic carbocycles. The Morgan fingerprint density at radius 1 is 1.12 bits per heavy atom. The summed E-state index contributed by atoms with van der Waals surface area (Å²) >= 11 is 0. The average molecular weight is 348 g/mol. The molecule has 4 nitrogen and oxygen atoms in total. The van der Waals surface area contributed by atoms with Gasteiger partial charge in [0.15, 0.2) is 5.78 Å². The minimum absolute atomic E-state index is 0.0274. The van der Waals surface area contributed by atoms with Gasteiger partial charge in [-0.2, -0.15) is 0 Å². The van der Waals surface area contributed by atoms with Gasteiger partial charge in [-0.25, -0.2) is 0 Å². The van der Waals surface area contributed by atoms with E-state index in [1.165, 1.54) is 0 Å². The van der Waals surface area contributed by atoms with Crippen molar-refractivity contribution >= 4 is 11.6 Å². The number of rotatable bonds is 2. The van der Waals surface area contributed by atoms with Crippen LogP contribution in [0.15, 0.2) is 0 Å². The van der Waals surface area contributed by atoms with Crippen molar-refractivity contribution in [3.8, 4) is 0 Å². The lowest BCUT2D eigenvalue weighted by Crippen LogP contribution is -2.58. The van der Waals surface area contributed by atoms with Crippen LogP contribution in [0.2, 0.25) is 0 Å². The third-order valence-corrected chi connectivity index (χ3v) is 8.87. The predicted molar refractivity (Wildman–Crippen MR) is 93.7 cm³/mol. The summed E-state index contributed by atoms with van der Waals surface area (Å²) in [7, 11) is 0. The van der Waals surface area contributed by atoms with E-state index in [0.29, 0.717) is 30.0 Å². The van der Waals surface area contributed by atoms with Crippen molar-refractivity contribution in [3.05, 3.63) is 0 Å². The molecule has 0 aliphatic heterocycles. The highest BCUT2D eigenvalue weighted by atomic mass is 16.3. The summed E-state index contributed by atoms with van der Waals surface area (Å²) in [6, 6.07) is 0. The van der Waals surface area contributed by atoms with Crippen molar-refractivity contribution in [3.63, 3.8) is 0 Å². The first-order chi connectivity index (χ1) is 11.8. The molecule has 0 amide bonds. The quantitative estimate of drug-likeness (QED) is 0.805. The number of hydrogen-bond acceptors (Lipinski definition) is 4. The van der Waals surface area contributed by atoms with E-state index >= 15 is 0 Å². The highest BCUT2D eigenvalue weighted by Crippen LogP contribution is 2.66. The summed E-state index contributed by atoms with van der Waals surface area (Å²) < 4.78 is 0. The molecule has 8 atom stereocenters. The number of ketones is 2. The highest BCUT2D eigenvalue weighted by Gasteiger charge is 2.63. The molecule has 0 radical (unpaired) electrons. The SMILES string of the molecule is C[C@]12CC[C@@H](O)CC1CCC1C2C(=O)C[C@@]2(C)C1CC[C@@H]2C(=O)CO. The number of hydrogen-bond donors (Lipinski definition) is 2. The zero-order valence-electron chi connectivity index (χ0n) is 15.5. The zero-order valence-corrected chi connectivity index (χ0v) is 15.5. The van der Waals surface area contributed by atoms with Gasteiger partial charge in [0, 0.05) is 18.3 Å². The molecule has 4 unspecified atom stereocenters. The van der Waals surface area contributed by atoms with E-state index < -0.39 is 6.61 Å². The van der Waals surface area contributed by atoms with E-state index in [-0.39, 0.29) is 34.6 Å². The fourth-order valence-corrected chi connectivity index (χ4v) is 7.69. The average Bonchev–Trinajstić information content (AvgIpc) is 2.91. The van der Waals surface area contributed by atoms with Gasteiger partial charge in [0.2, 0.25) is 0 Å². The van der Waals surface area contributed by atoms with Crippen molar-refractivity contribution in [1.82, 2.24) is 0 Å². The molecule has 0 aromatic heterocycles. The number of aliphatic hydroxyl groups is 2. The second kappa shape index (κ2) is 5.88. The molecule has 4 fully saturated rings. The van der Waals surface area contributed by atoms with Gasteiger partial charge < -0.3 is 10.2 Å². The van der Waals surface area contributed by atoms with Crippen molar-refractivity contribution in [2.45, 2.75) is 71.3 Å². The fraction of sp³-hybridized carbons (Fsp3) is 0.905. The minimum Gasteiger partial charge on any atom is -0.393 e. The first-order valence-corrected chi connectivity index (χ1v) is 10.2.